The van der Waals surface area contributed by atoms with Crippen molar-refractivity contribution < 1.29 is 0 Å². The van der Waals surface area contributed by atoms with Crippen molar-refractivity contribution in [3.8, 4) is 17.2 Å². The molecule has 0 unspecified atom stereocenters. The number of fused-ring (bicyclic) bond motifs is 1. The third-order valence-corrected chi connectivity index (χ3v) is 5.91. The van der Waals surface area contributed by atoms with Crippen molar-refractivity contribution in [2.24, 2.45) is 0 Å². The number of aromatic amines is 1. The lowest BCUT2D eigenvalue weighted by atomic mass is 10.1. The van der Waals surface area contributed by atoms with Gasteiger partial charge in [0.25, 0.3) is 5.56 Å². The molecule has 0 saturated carbocycles. The van der Waals surface area contributed by atoms with Crippen LogP contribution in [-0.4, -0.2) is 35.9 Å². The van der Waals surface area contributed by atoms with Gasteiger partial charge in [0.05, 0.1) is 5.69 Å². The zero-order valence-corrected chi connectivity index (χ0v) is 17.7. The maximum Gasteiger partial charge on any atom is 0.254 e. The number of aromatic nitrogens is 5. The molecule has 0 saturated heterocycles. The lowest BCUT2D eigenvalue weighted by Crippen LogP contribution is -2.35. The predicted molar refractivity (Wildman–Crippen MR) is 119 cm³/mol. The fourth-order valence-corrected chi connectivity index (χ4v) is 4.34. The molecule has 0 bridgehead atoms. The molecular weight excluding hydrogens is 388 g/mol. The summed E-state index contributed by atoms with van der Waals surface area (Å²) in [7, 11) is 0. The minimum absolute atomic E-state index is 0.0372. The number of pyridine rings is 2. The van der Waals surface area contributed by atoms with Gasteiger partial charge in [-0.1, -0.05) is 6.07 Å². The van der Waals surface area contributed by atoms with Gasteiger partial charge in [0.15, 0.2) is 0 Å². The maximum atomic E-state index is 12.6. The Bertz CT molecular complexity index is 1280. The summed E-state index contributed by atoms with van der Waals surface area (Å²) in [6, 6.07) is 11.9. The van der Waals surface area contributed by atoms with E-state index in [0.717, 1.165) is 41.4 Å². The first-order valence-corrected chi connectivity index (χ1v) is 10.4. The molecule has 4 aromatic rings. The molecule has 0 radical (unpaired) electrons. The predicted octanol–water partition coefficient (Wildman–Crippen LogP) is 3.19. The first kappa shape index (κ1) is 19.4. The topological polar surface area (TPSA) is 79.7 Å². The summed E-state index contributed by atoms with van der Waals surface area (Å²) < 4.78 is 2.19. The molecule has 5 heterocycles. The van der Waals surface area contributed by atoms with Gasteiger partial charge in [-0.05, 0) is 56.2 Å². The van der Waals surface area contributed by atoms with Crippen molar-refractivity contribution in [2.45, 2.75) is 33.4 Å². The van der Waals surface area contributed by atoms with E-state index in [9.17, 15) is 4.79 Å². The Labute approximate surface area is 180 Å². The molecule has 1 N–H and O–H groups in total. The van der Waals surface area contributed by atoms with E-state index in [4.69, 9.17) is 4.98 Å². The zero-order valence-electron chi connectivity index (χ0n) is 17.7. The summed E-state index contributed by atoms with van der Waals surface area (Å²) in [5.74, 6) is 1.53. The zero-order chi connectivity index (χ0) is 21.4. The van der Waals surface area contributed by atoms with E-state index in [2.05, 4.69) is 44.3 Å². The fourth-order valence-electron chi connectivity index (χ4n) is 4.34. The molecule has 7 nitrogen and oxygen atoms in total. The van der Waals surface area contributed by atoms with Crippen molar-refractivity contribution in [3.05, 3.63) is 93.6 Å². The van der Waals surface area contributed by atoms with Gasteiger partial charge in [-0.15, -0.1) is 0 Å². The van der Waals surface area contributed by atoms with E-state index in [1.54, 1.807) is 12.4 Å². The molecule has 0 amide bonds. The number of hydrogen-bond acceptors (Lipinski definition) is 5. The van der Waals surface area contributed by atoms with Crippen molar-refractivity contribution in [1.29, 1.82) is 0 Å². The van der Waals surface area contributed by atoms with E-state index in [-0.39, 0.29) is 5.56 Å². The normalized spacial score (nSPS) is 13.9. The molecular formula is C24H24N6O. The summed E-state index contributed by atoms with van der Waals surface area (Å²) in [6.07, 6.45) is 5.93. The van der Waals surface area contributed by atoms with Crippen molar-refractivity contribution in [1.82, 2.24) is 29.4 Å². The number of nitrogens with one attached hydrogen (secondary N) is 1. The summed E-state index contributed by atoms with van der Waals surface area (Å²) in [6.45, 7) is 6.55. The van der Waals surface area contributed by atoms with Crippen LogP contribution in [0.5, 0.6) is 0 Å². The van der Waals surface area contributed by atoms with E-state index in [0.29, 0.717) is 18.8 Å². The largest absolute Gasteiger partial charge is 0.306 e. The van der Waals surface area contributed by atoms with Crippen molar-refractivity contribution >= 4 is 0 Å². The second-order valence-electron chi connectivity index (χ2n) is 7.96. The van der Waals surface area contributed by atoms with Gasteiger partial charge >= 0.3 is 0 Å². The van der Waals surface area contributed by atoms with Gasteiger partial charge in [-0.3, -0.25) is 14.7 Å². The second-order valence-corrected chi connectivity index (χ2v) is 7.96. The van der Waals surface area contributed by atoms with Crippen LogP contribution in [0, 0.1) is 13.8 Å². The highest BCUT2D eigenvalue weighted by Crippen LogP contribution is 2.24. The van der Waals surface area contributed by atoms with Crippen LogP contribution >= 0.6 is 0 Å². The molecule has 0 atom stereocenters. The van der Waals surface area contributed by atoms with Gasteiger partial charge in [0, 0.05) is 60.7 Å². The molecule has 0 fully saturated rings. The Morgan fingerprint density at radius 3 is 2.71 bits per heavy atom. The van der Waals surface area contributed by atoms with E-state index in [1.165, 1.54) is 11.3 Å². The molecule has 0 spiro atoms. The first-order valence-electron chi connectivity index (χ1n) is 10.4. The average molecular weight is 412 g/mol. The smallest absolute Gasteiger partial charge is 0.254 e. The Morgan fingerprint density at radius 1 is 1.10 bits per heavy atom. The van der Waals surface area contributed by atoms with E-state index < -0.39 is 0 Å². The van der Waals surface area contributed by atoms with Crippen LogP contribution < -0.4 is 5.56 Å². The molecule has 0 aliphatic carbocycles. The summed E-state index contributed by atoms with van der Waals surface area (Å²) in [5, 5.41) is 0. The maximum absolute atomic E-state index is 12.6. The molecule has 156 valence electrons. The lowest BCUT2D eigenvalue weighted by Gasteiger charge is -2.27. The molecule has 1 aliphatic heterocycles. The Morgan fingerprint density at radius 2 is 1.94 bits per heavy atom. The molecule has 31 heavy (non-hydrogen) atoms. The molecule has 0 aromatic carbocycles. The average Bonchev–Trinajstić information content (AvgIpc) is 3.07. The van der Waals surface area contributed by atoms with E-state index in [1.807, 2.05) is 36.5 Å². The van der Waals surface area contributed by atoms with Crippen LogP contribution in [0.1, 0.15) is 28.2 Å². The number of H-pyrrole nitrogens is 1. The van der Waals surface area contributed by atoms with Crippen LogP contribution in [0.15, 0.2) is 59.8 Å². The van der Waals surface area contributed by atoms with E-state index >= 15 is 0 Å². The van der Waals surface area contributed by atoms with Crippen LogP contribution in [0.2, 0.25) is 0 Å². The van der Waals surface area contributed by atoms with Crippen molar-refractivity contribution in [2.75, 3.05) is 6.54 Å². The quantitative estimate of drug-likeness (QED) is 0.557. The number of hydrogen-bond donors (Lipinski definition) is 1. The number of rotatable bonds is 4. The second kappa shape index (κ2) is 7.92. The Hall–Kier alpha value is -3.58. The number of aryl methyl sites for hydroxylation is 1. The molecule has 5 rings (SSSR count). The minimum Gasteiger partial charge on any atom is -0.306 e. The van der Waals surface area contributed by atoms with Crippen LogP contribution in [0.3, 0.4) is 0 Å². The monoisotopic (exact) mass is 412 g/mol. The lowest BCUT2D eigenvalue weighted by molar-refractivity contribution is 0.240. The van der Waals surface area contributed by atoms with Crippen molar-refractivity contribution in [3.63, 3.8) is 0 Å². The standard InChI is InChI=1S/C24H24N6O/c1-16-13-19(17(2)30(16)22-5-3-4-9-26-22)14-29-12-8-20-21(15-29)27-23(28-24(20)31)18-6-10-25-11-7-18/h3-7,9-11,13H,8,12,14-15H2,1-2H3,(H,27,28,31). The summed E-state index contributed by atoms with van der Waals surface area (Å²) in [5.41, 5.74) is 6.12. The summed E-state index contributed by atoms with van der Waals surface area (Å²) in [4.78, 5) is 31.3. The Kier molecular flexibility index (Phi) is 4.95. The fraction of sp³-hybridized carbons (Fsp3) is 0.250. The third kappa shape index (κ3) is 3.68. The molecule has 7 heteroatoms. The highest BCUT2D eigenvalue weighted by molar-refractivity contribution is 5.54. The van der Waals surface area contributed by atoms with Gasteiger partial charge < -0.3 is 9.55 Å². The van der Waals surface area contributed by atoms with Gasteiger partial charge in [-0.2, -0.15) is 0 Å². The highest BCUT2D eigenvalue weighted by atomic mass is 16.1. The molecule has 1 aliphatic rings. The third-order valence-electron chi connectivity index (χ3n) is 5.91. The van der Waals surface area contributed by atoms with Gasteiger partial charge in [0.2, 0.25) is 0 Å². The van der Waals surface area contributed by atoms with Crippen LogP contribution in [0.25, 0.3) is 17.2 Å². The van der Waals surface area contributed by atoms with Gasteiger partial charge in [0.1, 0.15) is 11.6 Å². The summed E-state index contributed by atoms with van der Waals surface area (Å²) >= 11 is 0. The SMILES string of the molecule is Cc1cc(CN2CCc3c(nc(-c4ccncc4)[nH]c3=O)C2)c(C)n1-c1ccccn1. The first-order chi connectivity index (χ1) is 15.1. The minimum atomic E-state index is -0.0372. The van der Waals surface area contributed by atoms with Gasteiger partial charge in [-0.25, -0.2) is 9.97 Å². The Balaban J connectivity index is 1.42. The van der Waals surface area contributed by atoms with Crippen LogP contribution in [0.4, 0.5) is 0 Å². The number of nitrogens with zero attached hydrogens (tertiary/aromatic N) is 5. The highest BCUT2D eigenvalue weighted by Gasteiger charge is 2.23. The molecule has 4 aromatic heterocycles. The van der Waals surface area contributed by atoms with Crippen LogP contribution in [-0.2, 0) is 19.5 Å².